The van der Waals surface area contributed by atoms with Crippen LogP contribution in [0.4, 0.5) is 4.39 Å². The van der Waals surface area contributed by atoms with Crippen LogP contribution in [-0.2, 0) is 4.79 Å². The number of carbonyl (C=O) groups excluding carboxylic acids is 1. The molecule has 5 heteroatoms. The van der Waals surface area contributed by atoms with Crippen molar-refractivity contribution < 1.29 is 13.9 Å². The van der Waals surface area contributed by atoms with Gasteiger partial charge < -0.3 is 15.4 Å². The van der Waals surface area contributed by atoms with Crippen molar-refractivity contribution in [3.05, 3.63) is 29.6 Å². The zero-order valence-corrected chi connectivity index (χ0v) is 12.7. The van der Waals surface area contributed by atoms with Crippen LogP contribution in [0.15, 0.2) is 18.2 Å². The Morgan fingerprint density at radius 2 is 2.10 bits per heavy atom. The topological polar surface area (TPSA) is 50.4 Å². The fourth-order valence-electron chi connectivity index (χ4n) is 1.92. The zero-order valence-electron chi connectivity index (χ0n) is 12.7. The van der Waals surface area contributed by atoms with Gasteiger partial charge in [0, 0.05) is 31.3 Å². The first kappa shape index (κ1) is 16.4. The van der Waals surface area contributed by atoms with Crippen LogP contribution in [0, 0.1) is 11.2 Å². The van der Waals surface area contributed by atoms with E-state index in [1.54, 1.807) is 19.2 Å². The molecule has 0 saturated heterocycles. The van der Waals surface area contributed by atoms with Crippen molar-refractivity contribution in [1.82, 2.24) is 10.6 Å². The summed E-state index contributed by atoms with van der Waals surface area (Å²) >= 11 is 0. The fraction of sp³-hybridized carbons (Fsp3) is 0.533. The lowest BCUT2D eigenvalue weighted by molar-refractivity contribution is -0.128. The van der Waals surface area contributed by atoms with E-state index < -0.39 is 5.41 Å². The molecule has 0 aliphatic carbocycles. The van der Waals surface area contributed by atoms with Crippen LogP contribution in [0.5, 0.6) is 5.75 Å². The van der Waals surface area contributed by atoms with Crippen LogP contribution >= 0.6 is 0 Å². The summed E-state index contributed by atoms with van der Waals surface area (Å²) in [6.07, 6.45) is 0. The van der Waals surface area contributed by atoms with E-state index in [0.29, 0.717) is 17.9 Å². The standard InChI is InChI=1S/C15H23FN2O2/c1-10(18-9-15(2,3)14(19)17-4)12-7-6-11(20-5)8-13(12)16/h6-8,10,18H,9H2,1-5H3,(H,17,19). The highest BCUT2D eigenvalue weighted by atomic mass is 19.1. The lowest BCUT2D eigenvalue weighted by Crippen LogP contribution is -2.42. The third kappa shape index (κ3) is 3.93. The van der Waals surface area contributed by atoms with Crippen LogP contribution in [0.1, 0.15) is 32.4 Å². The van der Waals surface area contributed by atoms with Crippen molar-refractivity contribution in [2.45, 2.75) is 26.8 Å². The summed E-state index contributed by atoms with van der Waals surface area (Å²) in [4.78, 5) is 11.7. The maximum absolute atomic E-state index is 13.9. The molecule has 4 nitrogen and oxygen atoms in total. The molecule has 0 heterocycles. The highest BCUT2D eigenvalue weighted by Crippen LogP contribution is 2.23. The molecule has 1 aromatic rings. The van der Waals surface area contributed by atoms with Crippen LogP contribution in [0.3, 0.4) is 0 Å². The van der Waals surface area contributed by atoms with Gasteiger partial charge in [0.15, 0.2) is 0 Å². The maximum atomic E-state index is 13.9. The second-order valence-electron chi connectivity index (χ2n) is 5.45. The van der Waals surface area contributed by atoms with Gasteiger partial charge in [-0.2, -0.15) is 0 Å². The molecule has 1 amide bonds. The Labute approximate surface area is 119 Å². The lowest BCUT2D eigenvalue weighted by atomic mass is 9.91. The van der Waals surface area contributed by atoms with E-state index in [0.717, 1.165) is 0 Å². The predicted octanol–water partition coefficient (Wildman–Crippen LogP) is 2.26. The van der Waals surface area contributed by atoms with Crippen molar-refractivity contribution in [3.63, 3.8) is 0 Å². The Morgan fingerprint density at radius 3 is 2.60 bits per heavy atom. The molecule has 0 aliphatic rings. The molecular formula is C15H23FN2O2. The Bertz CT molecular complexity index is 475. The summed E-state index contributed by atoms with van der Waals surface area (Å²) in [6, 6.07) is 4.58. The smallest absolute Gasteiger partial charge is 0.226 e. The molecule has 112 valence electrons. The van der Waals surface area contributed by atoms with Crippen molar-refractivity contribution in [2.75, 3.05) is 20.7 Å². The zero-order chi connectivity index (χ0) is 15.3. The van der Waals surface area contributed by atoms with E-state index in [1.807, 2.05) is 20.8 Å². The lowest BCUT2D eigenvalue weighted by Gasteiger charge is -2.25. The highest BCUT2D eigenvalue weighted by Gasteiger charge is 2.27. The third-order valence-electron chi connectivity index (χ3n) is 3.37. The minimum Gasteiger partial charge on any atom is -0.497 e. The van der Waals surface area contributed by atoms with Gasteiger partial charge in [-0.1, -0.05) is 6.07 Å². The monoisotopic (exact) mass is 282 g/mol. The number of rotatable bonds is 6. The molecule has 0 saturated carbocycles. The van der Waals surface area contributed by atoms with Gasteiger partial charge in [-0.05, 0) is 26.8 Å². The van der Waals surface area contributed by atoms with Gasteiger partial charge in [0.2, 0.25) is 5.91 Å². The highest BCUT2D eigenvalue weighted by molar-refractivity contribution is 5.81. The number of methoxy groups -OCH3 is 1. The molecule has 1 unspecified atom stereocenters. The minimum atomic E-state index is -0.550. The van der Waals surface area contributed by atoms with Crippen LogP contribution in [0.2, 0.25) is 0 Å². The quantitative estimate of drug-likeness (QED) is 0.841. The summed E-state index contributed by atoms with van der Waals surface area (Å²) in [5, 5.41) is 5.82. The van der Waals surface area contributed by atoms with Crippen LogP contribution < -0.4 is 15.4 Å². The molecule has 0 spiro atoms. The van der Waals surface area contributed by atoms with Crippen molar-refractivity contribution >= 4 is 5.91 Å². The van der Waals surface area contributed by atoms with E-state index in [4.69, 9.17) is 4.74 Å². The number of ether oxygens (including phenoxy) is 1. The van der Waals surface area contributed by atoms with Gasteiger partial charge in [-0.3, -0.25) is 4.79 Å². The number of halogens is 1. The molecule has 1 rings (SSSR count). The summed E-state index contributed by atoms with van der Waals surface area (Å²) in [6.45, 7) is 6.01. The number of benzene rings is 1. The molecule has 0 bridgehead atoms. The van der Waals surface area contributed by atoms with Gasteiger partial charge >= 0.3 is 0 Å². The van der Waals surface area contributed by atoms with Gasteiger partial charge in [0.25, 0.3) is 0 Å². The van der Waals surface area contributed by atoms with E-state index >= 15 is 0 Å². The van der Waals surface area contributed by atoms with Gasteiger partial charge in [0.1, 0.15) is 11.6 Å². The van der Waals surface area contributed by atoms with Crippen LogP contribution in [0.25, 0.3) is 0 Å². The van der Waals surface area contributed by atoms with Crippen molar-refractivity contribution in [1.29, 1.82) is 0 Å². The summed E-state index contributed by atoms with van der Waals surface area (Å²) in [7, 11) is 3.11. The summed E-state index contributed by atoms with van der Waals surface area (Å²) in [5.41, 5.74) is 0.00453. The second kappa shape index (κ2) is 6.70. The molecule has 1 atom stereocenters. The van der Waals surface area contributed by atoms with E-state index in [-0.39, 0.29) is 17.8 Å². The first-order chi connectivity index (χ1) is 9.31. The fourth-order valence-corrected chi connectivity index (χ4v) is 1.92. The molecule has 0 fully saturated rings. The number of amides is 1. The molecule has 2 N–H and O–H groups in total. The number of nitrogens with one attached hydrogen (secondary N) is 2. The van der Waals surface area contributed by atoms with Crippen molar-refractivity contribution in [3.8, 4) is 5.75 Å². The molecular weight excluding hydrogens is 259 g/mol. The summed E-state index contributed by atoms with van der Waals surface area (Å²) < 4.78 is 18.9. The predicted molar refractivity (Wildman–Crippen MR) is 77.2 cm³/mol. The molecule has 1 aromatic carbocycles. The molecule has 20 heavy (non-hydrogen) atoms. The first-order valence-electron chi connectivity index (χ1n) is 6.61. The van der Waals surface area contributed by atoms with E-state index in [9.17, 15) is 9.18 Å². The molecule has 0 aromatic heterocycles. The minimum absolute atomic E-state index is 0.0487. The Hall–Kier alpha value is -1.62. The summed E-state index contributed by atoms with van der Waals surface area (Å²) in [5.74, 6) is 0.124. The largest absolute Gasteiger partial charge is 0.497 e. The maximum Gasteiger partial charge on any atom is 0.226 e. The Kier molecular flexibility index (Phi) is 5.51. The number of hydrogen-bond donors (Lipinski definition) is 2. The Morgan fingerprint density at radius 1 is 1.45 bits per heavy atom. The SMILES string of the molecule is CNC(=O)C(C)(C)CNC(C)c1ccc(OC)cc1F. The molecule has 0 radical (unpaired) electrons. The second-order valence-corrected chi connectivity index (χ2v) is 5.45. The van der Waals surface area contributed by atoms with Crippen LogP contribution in [-0.4, -0.2) is 26.6 Å². The molecule has 0 aliphatic heterocycles. The van der Waals surface area contributed by atoms with Gasteiger partial charge in [-0.25, -0.2) is 4.39 Å². The Balaban J connectivity index is 2.72. The third-order valence-corrected chi connectivity index (χ3v) is 3.37. The average Bonchev–Trinajstić information content (AvgIpc) is 2.43. The van der Waals surface area contributed by atoms with Gasteiger partial charge in [-0.15, -0.1) is 0 Å². The van der Waals surface area contributed by atoms with E-state index in [1.165, 1.54) is 13.2 Å². The van der Waals surface area contributed by atoms with E-state index in [2.05, 4.69) is 10.6 Å². The van der Waals surface area contributed by atoms with Crippen molar-refractivity contribution in [2.24, 2.45) is 5.41 Å². The first-order valence-corrected chi connectivity index (χ1v) is 6.61. The average molecular weight is 282 g/mol. The number of hydrogen-bond acceptors (Lipinski definition) is 3. The normalized spacial score (nSPS) is 12.9. The van der Waals surface area contributed by atoms with Gasteiger partial charge in [0.05, 0.1) is 12.5 Å². The number of carbonyl (C=O) groups is 1.